The van der Waals surface area contributed by atoms with Gasteiger partial charge in [-0.1, -0.05) is 12.2 Å². The molecule has 1 aliphatic carbocycles. The van der Waals surface area contributed by atoms with Crippen LogP contribution in [-0.4, -0.2) is 10.9 Å². The Morgan fingerprint density at radius 2 is 2.47 bits per heavy atom. The van der Waals surface area contributed by atoms with E-state index in [2.05, 4.69) is 38.4 Å². The second-order valence-electron chi connectivity index (χ2n) is 4.31. The van der Waals surface area contributed by atoms with Crippen LogP contribution < -0.4 is 5.32 Å². The molecule has 0 radical (unpaired) electrons. The third-order valence-corrected chi connectivity index (χ3v) is 3.54. The molecular weight excluding hydrogens is 280 g/mol. The van der Waals surface area contributed by atoms with Gasteiger partial charge in [0.2, 0.25) is 5.91 Å². The average Bonchev–Trinajstić information content (AvgIpc) is 2.76. The summed E-state index contributed by atoms with van der Waals surface area (Å²) in [6.07, 6.45) is 8.72. The van der Waals surface area contributed by atoms with Crippen LogP contribution in [0.5, 0.6) is 0 Å². The van der Waals surface area contributed by atoms with Gasteiger partial charge in [0, 0.05) is 12.6 Å². The minimum absolute atomic E-state index is 0.0540. The summed E-state index contributed by atoms with van der Waals surface area (Å²) in [5.74, 6) is 0.448. The van der Waals surface area contributed by atoms with Crippen molar-refractivity contribution in [3.63, 3.8) is 0 Å². The highest BCUT2D eigenvalue weighted by Crippen LogP contribution is 2.25. The molecule has 1 amide bonds. The first-order valence-electron chi connectivity index (χ1n) is 5.74. The Hall–Kier alpha value is -1.16. The first kappa shape index (κ1) is 12.3. The van der Waals surface area contributed by atoms with Crippen molar-refractivity contribution >= 4 is 27.5 Å². The lowest BCUT2D eigenvalue weighted by Crippen LogP contribution is -2.16. The number of aromatic nitrogens is 1. The summed E-state index contributed by atoms with van der Waals surface area (Å²) >= 11 is 3.35. The number of hydrogen-bond donors (Lipinski definition) is 1. The number of hydrogen-bond acceptors (Lipinski definition) is 2. The second kappa shape index (κ2) is 5.45. The zero-order valence-corrected chi connectivity index (χ0v) is 11.3. The molecule has 1 atom stereocenters. The maximum Gasteiger partial charge on any atom is 0.225 e. The van der Waals surface area contributed by atoms with Gasteiger partial charge in [-0.25, -0.2) is 4.98 Å². The largest absolute Gasteiger partial charge is 0.324 e. The molecule has 1 aliphatic rings. The molecule has 0 fully saturated rings. The topological polar surface area (TPSA) is 42.0 Å². The van der Waals surface area contributed by atoms with Gasteiger partial charge in [-0.2, -0.15) is 0 Å². The number of carbonyl (C=O) groups excluding carboxylic acids is 1. The maximum atomic E-state index is 11.9. The van der Waals surface area contributed by atoms with Crippen LogP contribution in [0.25, 0.3) is 0 Å². The summed E-state index contributed by atoms with van der Waals surface area (Å²) in [4.78, 5) is 16.0. The summed E-state index contributed by atoms with van der Waals surface area (Å²) in [5.41, 5.74) is 1.79. The van der Waals surface area contributed by atoms with E-state index in [0.717, 1.165) is 24.1 Å². The lowest BCUT2D eigenvalue weighted by atomic mass is 10.0. The van der Waals surface area contributed by atoms with Gasteiger partial charge in [-0.3, -0.25) is 4.79 Å². The van der Waals surface area contributed by atoms with E-state index >= 15 is 0 Å². The van der Waals surface area contributed by atoms with Crippen LogP contribution in [0.2, 0.25) is 0 Å². The van der Waals surface area contributed by atoms with Crippen molar-refractivity contribution in [2.45, 2.75) is 26.2 Å². The van der Waals surface area contributed by atoms with E-state index in [1.807, 2.05) is 13.0 Å². The number of rotatable bonds is 3. The molecule has 0 aliphatic heterocycles. The third-order valence-electron chi connectivity index (χ3n) is 2.94. The van der Waals surface area contributed by atoms with Crippen LogP contribution in [0, 0.1) is 12.8 Å². The van der Waals surface area contributed by atoms with Gasteiger partial charge >= 0.3 is 0 Å². The number of carbonyl (C=O) groups is 1. The molecule has 17 heavy (non-hydrogen) atoms. The van der Waals surface area contributed by atoms with Crippen LogP contribution in [0.4, 0.5) is 5.69 Å². The first-order valence-corrected chi connectivity index (χ1v) is 6.53. The Bertz CT molecular complexity index is 436. The highest BCUT2D eigenvalue weighted by atomic mass is 79.9. The third kappa shape index (κ3) is 3.16. The Morgan fingerprint density at radius 1 is 1.65 bits per heavy atom. The van der Waals surface area contributed by atoms with Crippen molar-refractivity contribution < 1.29 is 4.79 Å². The minimum atomic E-state index is 0.0540. The summed E-state index contributed by atoms with van der Waals surface area (Å²) < 4.78 is 0.688. The van der Waals surface area contributed by atoms with E-state index in [0.29, 0.717) is 16.9 Å². The molecule has 90 valence electrons. The highest BCUT2D eigenvalue weighted by Gasteiger charge is 2.15. The summed E-state index contributed by atoms with van der Waals surface area (Å²) in [6.45, 7) is 1.96. The standard InChI is InChI=1S/C13H15BrN2O/c1-9-6-7-15-13(14)12(9)16-11(17)8-10-4-2-3-5-10/h2,4,6-7,10H,3,5,8H2,1H3,(H,16,17)/t10-/m1/s1. The predicted octanol–water partition coefficient (Wildman–Crippen LogP) is 3.45. The fraction of sp³-hybridized carbons (Fsp3) is 0.385. The van der Waals surface area contributed by atoms with Crippen molar-refractivity contribution in [2.75, 3.05) is 5.32 Å². The SMILES string of the molecule is Cc1ccnc(Br)c1NC(=O)C[C@@H]1C=CCC1. The molecule has 1 N–H and O–H groups in total. The Balaban J connectivity index is 2.00. The van der Waals surface area contributed by atoms with Gasteiger partial charge in [0.1, 0.15) is 4.60 Å². The smallest absolute Gasteiger partial charge is 0.225 e. The van der Waals surface area contributed by atoms with E-state index in [1.165, 1.54) is 0 Å². The lowest BCUT2D eigenvalue weighted by Gasteiger charge is -2.11. The molecule has 0 saturated carbocycles. The van der Waals surface area contributed by atoms with Crippen molar-refractivity contribution in [1.82, 2.24) is 4.98 Å². The average molecular weight is 295 g/mol. The zero-order valence-electron chi connectivity index (χ0n) is 9.74. The highest BCUT2D eigenvalue weighted by molar-refractivity contribution is 9.10. The first-order chi connectivity index (χ1) is 8.16. The molecular formula is C13H15BrN2O. The lowest BCUT2D eigenvalue weighted by molar-refractivity contribution is -0.116. The molecule has 2 rings (SSSR count). The number of aryl methyl sites for hydroxylation is 1. The monoisotopic (exact) mass is 294 g/mol. The molecule has 4 heteroatoms. The molecule has 0 aromatic carbocycles. The Labute approximate surface area is 109 Å². The molecule has 1 heterocycles. The van der Waals surface area contributed by atoms with Crippen LogP contribution >= 0.6 is 15.9 Å². The van der Waals surface area contributed by atoms with Gasteiger partial charge < -0.3 is 5.32 Å². The van der Waals surface area contributed by atoms with Crippen LogP contribution in [0.1, 0.15) is 24.8 Å². The zero-order chi connectivity index (χ0) is 12.3. The van der Waals surface area contributed by atoms with Crippen molar-refractivity contribution in [3.8, 4) is 0 Å². The maximum absolute atomic E-state index is 11.9. The molecule has 0 saturated heterocycles. The van der Waals surface area contributed by atoms with Crippen molar-refractivity contribution in [1.29, 1.82) is 0 Å². The molecule has 1 aromatic heterocycles. The van der Waals surface area contributed by atoms with E-state index in [1.54, 1.807) is 6.20 Å². The minimum Gasteiger partial charge on any atom is -0.324 e. The van der Waals surface area contributed by atoms with Gasteiger partial charge in [0.05, 0.1) is 5.69 Å². The van der Waals surface area contributed by atoms with E-state index in [9.17, 15) is 4.79 Å². The fourth-order valence-electron chi connectivity index (χ4n) is 1.97. The van der Waals surface area contributed by atoms with Crippen LogP contribution in [0.3, 0.4) is 0 Å². The number of allylic oxidation sites excluding steroid dienone is 2. The van der Waals surface area contributed by atoms with Gasteiger partial charge in [0.15, 0.2) is 0 Å². The molecule has 0 spiro atoms. The molecule has 3 nitrogen and oxygen atoms in total. The number of anilines is 1. The summed E-state index contributed by atoms with van der Waals surface area (Å²) in [6, 6.07) is 1.88. The van der Waals surface area contributed by atoms with Gasteiger partial charge in [0.25, 0.3) is 0 Å². The quantitative estimate of drug-likeness (QED) is 0.685. The van der Waals surface area contributed by atoms with Crippen LogP contribution in [0.15, 0.2) is 29.0 Å². The second-order valence-corrected chi connectivity index (χ2v) is 5.06. The molecule has 0 bridgehead atoms. The number of nitrogens with one attached hydrogen (secondary N) is 1. The van der Waals surface area contributed by atoms with Crippen LogP contribution in [-0.2, 0) is 4.79 Å². The number of nitrogens with zero attached hydrogens (tertiary/aromatic N) is 1. The number of amides is 1. The van der Waals surface area contributed by atoms with E-state index in [-0.39, 0.29) is 5.91 Å². The Morgan fingerprint density at radius 3 is 3.12 bits per heavy atom. The number of pyridine rings is 1. The predicted molar refractivity (Wildman–Crippen MR) is 71.8 cm³/mol. The van der Waals surface area contributed by atoms with E-state index < -0.39 is 0 Å². The number of halogens is 1. The Kier molecular flexibility index (Phi) is 3.94. The summed E-state index contributed by atoms with van der Waals surface area (Å²) in [5, 5.41) is 2.92. The fourth-order valence-corrected chi connectivity index (χ4v) is 2.50. The van der Waals surface area contributed by atoms with Gasteiger partial charge in [-0.05, 0) is 53.2 Å². The van der Waals surface area contributed by atoms with E-state index in [4.69, 9.17) is 0 Å². The normalized spacial score (nSPS) is 18.4. The van der Waals surface area contributed by atoms with Gasteiger partial charge in [-0.15, -0.1) is 0 Å². The van der Waals surface area contributed by atoms with Crippen molar-refractivity contribution in [2.24, 2.45) is 5.92 Å². The van der Waals surface area contributed by atoms with Crippen molar-refractivity contribution in [3.05, 3.63) is 34.6 Å². The molecule has 1 aromatic rings. The summed E-state index contributed by atoms with van der Waals surface area (Å²) in [7, 11) is 0. The molecule has 0 unspecified atom stereocenters.